The predicted octanol–water partition coefficient (Wildman–Crippen LogP) is 3.30. The first-order chi connectivity index (χ1) is 11.8. The van der Waals surface area contributed by atoms with E-state index in [1.54, 1.807) is 36.4 Å². The summed E-state index contributed by atoms with van der Waals surface area (Å²) in [6, 6.07) is 14.3. The fourth-order valence-electron chi connectivity index (χ4n) is 2.27. The Kier molecular flexibility index (Phi) is 6.58. The summed E-state index contributed by atoms with van der Waals surface area (Å²) in [6.07, 6.45) is 2.00. The van der Waals surface area contributed by atoms with Gasteiger partial charge in [-0.1, -0.05) is 42.8 Å². The van der Waals surface area contributed by atoms with Crippen LogP contribution in [0.3, 0.4) is 0 Å². The summed E-state index contributed by atoms with van der Waals surface area (Å²) < 4.78 is 25.1. The molecule has 1 amide bonds. The SMILES string of the molecule is CCc1ccc(NC(=O)CN(Cc2ccc(Cl)cc2)S(C)(=O)=O)cc1. The van der Waals surface area contributed by atoms with Crippen LogP contribution in [0.1, 0.15) is 18.1 Å². The van der Waals surface area contributed by atoms with Gasteiger partial charge in [-0.3, -0.25) is 4.79 Å². The van der Waals surface area contributed by atoms with Crippen LogP contribution in [0.5, 0.6) is 0 Å². The van der Waals surface area contributed by atoms with Crippen LogP contribution in [0.15, 0.2) is 48.5 Å². The highest BCUT2D eigenvalue weighted by molar-refractivity contribution is 7.88. The highest BCUT2D eigenvalue weighted by Gasteiger charge is 2.20. The van der Waals surface area contributed by atoms with Gasteiger partial charge in [0.05, 0.1) is 12.8 Å². The second-order valence-electron chi connectivity index (χ2n) is 5.76. The molecule has 1 N–H and O–H groups in total. The van der Waals surface area contributed by atoms with Crippen molar-refractivity contribution < 1.29 is 13.2 Å². The number of anilines is 1. The van der Waals surface area contributed by atoms with Gasteiger partial charge >= 0.3 is 0 Å². The van der Waals surface area contributed by atoms with Crippen molar-refractivity contribution in [3.63, 3.8) is 0 Å². The molecule has 0 saturated carbocycles. The summed E-state index contributed by atoms with van der Waals surface area (Å²) in [7, 11) is -3.53. The lowest BCUT2D eigenvalue weighted by Gasteiger charge is -2.19. The molecule has 0 aromatic heterocycles. The van der Waals surface area contributed by atoms with Gasteiger partial charge < -0.3 is 5.32 Å². The van der Waals surface area contributed by atoms with E-state index in [4.69, 9.17) is 11.6 Å². The van der Waals surface area contributed by atoms with Crippen molar-refractivity contribution in [1.29, 1.82) is 0 Å². The van der Waals surface area contributed by atoms with Gasteiger partial charge in [-0.15, -0.1) is 0 Å². The van der Waals surface area contributed by atoms with Crippen LogP contribution in [0.4, 0.5) is 5.69 Å². The Labute approximate surface area is 153 Å². The molecule has 2 aromatic carbocycles. The average molecular weight is 381 g/mol. The molecule has 0 unspecified atom stereocenters. The maximum absolute atomic E-state index is 12.2. The molecule has 0 aliphatic heterocycles. The van der Waals surface area contributed by atoms with Gasteiger partial charge in [0.1, 0.15) is 0 Å². The average Bonchev–Trinajstić information content (AvgIpc) is 2.56. The molecule has 5 nitrogen and oxygen atoms in total. The molecule has 0 heterocycles. The fraction of sp³-hybridized carbons (Fsp3) is 0.278. The Bertz CT molecular complexity index is 818. The van der Waals surface area contributed by atoms with Crippen molar-refractivity contribution in [3.05, 3.63) is 64.7 Å². The minimum Gasteiger partial charge on any atom is -0.325 e. The van der Waals surface area contributed by atoms with Gasteiger partial charge in [0, 0.05) is 17.3 Å². The molecule has 0 aliphatic rings. The molecule has 7 heteroatoms. The van der Waals surface area contributed by atoms with E-state index in [1.165, 1.54) is 5.56 Å². The smallest absolute Gasteiger partial charge is 0.239 e. The quantitative estimate of drug-likeness (QED) is 0.801. The summed E-state index contributed by atoms with van der Waals surface area (Å²) in [6.45, 7) is 1.91. The first-order valence-electron chi connectivity index (χ1n) is 7.86. The zero-order valence-electron chi connectivity index (χ0n) is 14.2. The van der Waals surface area contributed by atoms with Crippen molar-refractivity contribution in [2.75, 3.05) is 18.1 Å². The number of sulfonamides is 1. The van der Waals surface area contributed by atoms with Crippen LogP contribution in [-0.4, -0.2) is 31.4 Å². The second-order valence-corrected chi connectivity index (χ2v) is 8.18. The van der Waals surface area contributed by atoms with E-state index in [1.807, 2.05) is 19.1 Å². The Balaban J connectivity index is 2.05. The minimum absolute atomic E-state index is 0.109. The molecule has 0 radical (unpaired) electrons. The third-order valence-electron chi connectivity index (χ3n) is 3.71. The van der Waals surface area contributed by atoms with Gasteiger partial charge in [-0.25, -0.2) is 8.42 Å². The topological polar surface area (TPSA) is 66.5 Å². The summed E-state index contributed by atoms with van der Waals surface area (Å²) in [5.41, 5.74) is 2.57. The van der Waals surface area contributed by atoms with Crippen molar-refractivity contribution in [2.45, 2.75) is 19.9 Å². The molecule has 2 aromatic rings. The van der Waals surface area contributed by atoms with E-state index in [0.29, 0.717) is 10.7 Å². The highest BCUT2D eigenvalue weighted by atomic mass is 35.5. The Hall–Kier alpha value is -1.89. The largest absolute Gasteiger partial charge is 0.325 e. The lowest BCUT2D eigenvalue weighted by molar-refractivity contribution is -0.116. The molecular formula is C18H21ClN2O3S. The maximum Gasteiger partial charge on any atom is 0.239 e. The standard InChI is InChI=1S/C18H21ClN2O3S/c1-3-14-6-10-17(11-7-14)20-18(22)13-21(25(2,23)24)12-15-4-8-16(19)9-5-15/h4-11H,3,12-13H2,1-2H3,(H,20,22). The van der Waals surface area contributed by atoms with E-state index in [2.05, 4.69) is 5.32 Å². The van der Waals surface area contributed by atoms with Gasteiger partial charge in [-0.2, -0.15) is 4.31 Å². The number of rotatable bonds is 7. The molecule has 2 rings (SSSR count). The number of nitrogens with one attached hydrogen (secondary N) is 1. The number of aryl methyl sites for hydroxylation is 1. The second kappa shape index (κ2) is 8.47. The number of halogens is 1. The number of hydrogen-bond donors (Lipinski definition) is 1. The zero-order valence-corrected chi connectivity index (χ0v) is 15.8. The van der Waals surface area contributed by atoms with Gasteiger partial charge in [0.15, 0.2) is 0 Å². The number of benzene rings is 2. The molecule has 0 aliphatic carbocycles. The van der Waals surface area contributed by atoms with E-state index >= 15 is 0 Å². The monoisotopic (exact) mass is 380 g/mol. The van der Waals surface area contributed by atoms with Crippen LogP contribution in [0.2, 0.25) is 5.02 Å². The molecule has 134 valence electrons. The first-order valence-corrected chi connectivity index (χ1v) is 10.1. The van der Waals surface area contributed by atoms with E-state index in [9.17, 15) is 13.2 Å². The maximum atomic E-state index is 12.2. The molecule has 0 atom stereocenters. The third kappa shape index (κ3) is 6.16. The first kappa shape index (κ1) is 19.4. The van der Waals surface area contributed by atoms with E-state index < -0.39 is 10.0 Å². The number of amides is 1. The summed E-state index contributed by atoms with van der Waals surface area (Å²) in [5, 5.41) is 3.30. The normalized spacial score (nSPS) is 11.5. The summed E-state index contributed by atoms with van der Waals surface area (Å²) in [5.74, 6) is -0.386. The highest BCUT2D eigenvalue weighted by Crippen LogP contribution is 2.14. The van der Waals surface area contributed by atoms with Crippen molar-refractivity contribution in [3.8, 4) is 0 Å². The third-order valence-corrected chi connectivity index (χ3v) is 5.16. The number of carbonyl (C=O) groups excluding carboxylic acids is 1. The van der Waals surface area contributed by atoms with Crippen LogP contribution < -0.4 is 5.32 Å². The fourth-order valence-corrected chi connectivity index (χ4v) is 3.13. The number of nitrogens with zero attached hydrogens (tertiary/aromatic N) is 1. The lowest BCUT2D eigenvalue weighted by atomic mass is 10.1. The van der Waals surface area contributed by atoms with Crippen molar-refractivity contribution in [1.82, 2.24) is 4.31 Å². The van der Waals surface area contributed by atoms with Crippen LogP contribution in [-0.2, 0) is 27.8 Å². The molecular weight excluding hydrogens is 360 g/mol. The van der Waals surface area contributed by atoms with Crippen LogP contribution >= 0.6 is 11.6 Å². The van der Waals surface area contributed by atoms with Crippen LogP contribution in [0.25, 0.3) is 0 Å². The number of hydrogen-bond acceptors (Lipinski definition) is 3. The summed E-state index contributed by atoms with van der Waals surface area (Å²) in [4.78, 5) is 12.2. The predicted molar refractivity (Wildman–Crippen MR) is 101 cm³/mol. The van der Waals surface area contributed by atoms with Crippen LogP contribution in [0, 0.1) is 0 Å². The lowest BCUT2D eigenvalue weighted by Crippen LogP contribution is -2.36. The molecule has 0 saturated heterocycles. The molecule has 0 fully saturated rings. The number of carbonyl (C=O) groups is 1. The zero-order chi connectivity index (χ0) is 18.4. The van der Waals surface area contributed by atoms with Gasteiger partial charge in [-0.05, 0) is 41.8 Å². The van der Waals surface area contributed by atoms with Crippen molar-refractivity contribution in [2.24, 2.45) is 0 Å². The molecule has 0 spiro atoms. The molecule has 25 heavy (non-hydrogen) atoms. The van der Waals surface area contributed by atoms with E-state index in [-0.39, 0.29) is 19.0 Å². The minimum atomic E-state index is -3.53. The van der Waals surface area contributed by atoms with Gasteiger partial charge in [0.25, 0.3) is 0 Å². The Morgan fingerprint density at radius 1 is 1.04 bits per heavy atom. The van der Waals surface area contributed by atoms with Crippen molar-refractivity contribution >= 4 is 33.2 Å². The molecule has 0 bridgehead atoms. The summed E-state index contributed by atoms with van der Waals surface area (Å²) >= 11 is 5.84. The van der Waals surface area contributed by atoms with Gasteiger partial charge in [0.2, 0.25) is 15.9 Å². The van der Waals surface area contributed by atoms with E-state index in [0.717, 1.165) is 22.5 Å². The Morgan fingerprint density at radius 2 is 1.60 bits per heavy atom. The Morgan fingerprint density at radius 3 is 2.12 bits per heavy atom.